The molecule has 0 atom stereocenters. The van der Waals surface area contributed by atoms with E-state index in [0.717, 1.165) is 0 Å². The average Bonchev–Trinajstić information content (AvgIpc) is 2.78. The Hall–Kier alpha value is 0.492. The second-order valence-electron chi connectivity index (χ2n) is 5.49. The Morgan fingerprint density at radius 2 is 1.50 bits per heavy atom. The summed E-state index contributed by atoms with van der Waals surface area (Å²) in [5.41, 5.74) is 0. The lowest BCUT2D eigenvalue weighted by atomic mass is 10.3. The molecule has 0 bridgehead atoms. The summed E-state index contributed by atoms with van der Waals surface area (Å²) in [5, 5.41) is 4.97. The Balaban J connectivity index is 1.98. The minimum absolute atomic E-state index is 0.195. The topological polar surface area (TPSA) is 3.24 Å². The fourth-order valence-corrected chi connectivity index (χ4v) is 6.50. The minimum Gasteiger partial charge on any atom is -0.303 e. The molecular weight excluding hydrogens is 209 g/mol. The monoisotopic (exact) mass is 239 g/mol. The maximum Gasteiger partial charge on any atom is 0.261 e. The van der Waals surface area contributed by atoms with Gasteiger partial charge in [-0.15, -0.1) is 0 Å². The van der Waals surface area contributed by atoms with Gasteiger partial charge in [0.25, 0.3) is 14.1 Å². The van der Waals surface area contributed by atoms with Crippen molar-refractivity contribution in [1.29, 1.82) is 0 Å². The van der Waals surface area contributed by atoms with E-state index in [2.05, 4.69) is 18.7 Å². The van der Waals surface area contributed by atoms with Gasteiger partial charge >= 0.3 is 0 Å². The minimum atomic E-state index is -0.195. The predicted molar refractivity (Wildman–Crippen MR) is 75.7 cm³/mol. The van der Waals surface area contributed by atoms with E-state index < -0.39 is 0 Å². The van der Waals surface area contributed by atoms with Crippen LogP contribution in [0.25, 0.3) is 0 Å². The lowest BCUT2D eigenvalue weighted by Gasteiger charge is -2.20. The summed E-state index contributed by atoms with van der Waals surface area (Å²) in [7, 11) is 0. The van der Waals surface area contributed by atoms with Gasteiger partial charge in [-0.2, -0.15) is 0 Å². The van der Waals surface area contributed by atoms with Crippen LogP contribution < -0.4 is 0 Å². The van der Waals surface area contributed by atoms with Crippen LogP contribution in [0.4, 0.5) is 0 Å². The third-order valence-electron chi connectivity index (χ3n) is 3.89. The molecule has 1 fully saturated rings. The van der Waals surface area contributed by atoms with Crippen molar-refractivity contribution in [1.82, 2.24) is 4.90 Å². The van der Waals surface area contributed by atoms with Crippen LogP contribution >= 0.6 is 0 Å². The van der Waals surface area contributed by atoms with Crippen LogP contribution in [-0.4, -0.2) is 38.7 Å². The molecule has 94 valence electrons. The average molecular weight is 239 g/mol. The van der Waals surface area contributed by atoms with Crippen molar-refractivity contribution < 1.29 is 0 Å². The van der Waals surface area contributed by atoms with Gasteiger partial charge in [0.2, 0.25) is 0 Å². The maximum atomic E-state index is 2.66. The summed E-state index contributed by atoms with van der Waals surface area (Å²) in [6, 6.07) is 0. The molecule has 16 heavy (non-hydrogen) atoms. The Kier molecular flexibility index (Phi) is 8.65. The fourth-order valence-electron chi connectivity index (χ4n) is 3.04. The molecule has 0 aromatic carbocycles. The summed E-state index contributed by atoms with van der Waals surface area (Å²) >= 11 is -0.195. The van der Waals surface area contributed by atoms with Crippen molar-refractivity contribution in [3.63, 3.8) is 0 Å². The second kappa shape index (κ2) is 9.52. The van der Waals surface area contributed by atoms with Crippen molar-refractivity contribution in [2.24, 2.45) is 0 Å². The summed E-state index contributed by atoms with van der Waals surface area (Å²) in [5.74, 6) is 0. The summed E-state index contributed by atoms with van der Waals surface area (Å²) < 4.78 is 0. The molecule has 1 rings (SSSR count). The van der Waals surface area contributed by atoms with Gasteiger partial charge in [0, 0.05) is 0 Å². The van der Waals surface area contributed by atoms with Crippen LogP contribution in [0.5, 0.6) is 0 Å². The first-order valence-corrected chi connectivity index (χ1v) is 10.0. The molecule has 0 aliphatic carbocycles. The number of rotatable bonds is 9. The second-order valence-corrected chi connectivity index (χ2v) is 8.95. The number of unbranched alkanes of at least 4 members (excludes halogenated alkanes) is 1. The van der Waals surface area contributed by atoms with Crippen LogP contribution in [0.2, 0.25) is 15.8 Å². The van der Waals surface area contributed by atoms with Crippen molar-refractivity contribution in [3.8, 4) is 0 Å². The largest absolute Gasteiger partial charge is 0.303 e. The van der Waals surface area contributed by atoms with E-state index in [4.69, 9.17) is 0 Å². The summed E-state index contributed by atoms with van der Waals surface area (Å²) in [4.78, 5) is 2.66. The van der Waals surface area contributed by atoms with Gasteiger partial charge in [-0.1, -0.05) is 49.0 Å². The molecule has 1 saturated heterocycles. The number of hydrogen-bond acceptors (Lipinski definition) is 1. The molecule has 1 nitrogen and oxygen atoms in total. The summed E-state index contributed by atoms with van der Waals surface area (Å²) in [6.07, 6.45) is 8.75. The molecule has 0 unspecified atom stereocenters. The van der Waals surface area contributed by atoms with Crippen LogP contribution in [0.15, 0.2) is 0 Å². The predicted octanol–water partition coefficient (Wildman–Crippen LogP) is 4.18. The van der Waals surface area contributed by atoms with Crippen LogP contribution in [0, 0.1) is 0 Å². The molecule has 0 radical (unpaired) electrons. The van der Waals surface area contributed by atoms with Crippen LogP contribution in [-0.2, 0) is 0 Å². The summed E-state index contributed by atoms with van der Waals surface area (Å²) in [6.45, 7) is 8.59. The molecule has 0 saturated carbocycles. The molecule has 0 aromatic heterocycles. The Morgan fingerprint density at radius 3 is 2.06 bits per heavy atom. The van der Waals surface area contributed by atoms with Gasteiger partial charge in [-0.05, 0) is 38.9 Å². The highest BCUT2D eigenvalue weighted by Gasteiger charge is 2.20. The first kappa shape index (κ1) is 14.6. The van der Waals surface area contributed by atoms with E-state index >= 15 is 0 Å². The molecule has 1 aliphatic rings. The van der Waals surface area contributed by atoms with Gasteiger partial charge in [-0.25, -0.2) is 0 Å². The van der Waals surface area contributed by atoms with Gasteiger partial charge in [-0.3, -0.25) is 0 Å². The van der Waals surface area contributed by atoms with Crippen LogP contribution in [0.1, 0.15) is 52.4 Å². The first-order valence-electron chi connectivity index (χ1n) is 7.59. The lowest BCUT2D eigenvalue weighted by molar-refractivity contribution is 0.270. The van der Waals surface area contributed by atoms with Gasteiger partial charge in [0.15, 0.2) is 0 Å². The molecule has 0 N–H and O–H groups in total. The molecule has 1 aliphatic heterocycles. The normalized spacial score (nSPS) is 16.3. The number of hydrogen-bond donors (Lipinski definition) is 0. The highest BCUT2D eigenvalue weighted by molar-refractivity contribution is 6.59. The van der Waals surface area contributed by atoms with E-state index in [9.17, 15) is 0 Å². The van der Waals surface area contributed by atoms with Gasteiger partial charge < -0.3 is 4.90 Å². The fraction of sp³-hybridized carbons (Fsp3) is 1.00. The molecule has 0 spiro atoms. The third-order valence-corrected chi connectivity index (χ3v) is 7.57. The van der Waals surface area contributed by atoms with E-state index in [1.807, 2.05) is 0 Å². The maximum absolute atomic E-state index is 2.66. The Labute approximate surface area is 107 Å². The van der Waals surface area contributed by atoms with Crippen molar-refractivity contribution in [3.05, 3.63) is 0 Å². The molecule has 1 heterocycles. The van der Waals surface area contributed by atoms with E-state index in [0.29, 0.717) is 0 Å². The zero-order valence-corrected chi connectivity index (χ0v) is 12.7. The molecule has 0 aromatic rings. The van der Waals surface area contributed by atoms with Crippen LogP contribution in [0.3, 0.4) is 0 Å². The zero-order chi connectivity index (χ0) is 11.6. The quantitative estimate of drug-likeness (QED) is 0.431. The SMILES string of the molecule is CCCN(CCC)CCC[CH2][Al]1[CH2]CC[CH2]1. The zero-order valence-electron chi connectivity index (χ0n) is 11.5. The highest BCUT2D eigenvalue weighted by Crippen LogP contribution is 2.23. The standard InChI is InChI=1S/C10H22N.C4H8.Al/c1-4-7-10-11(8-5-2)9-6-3;1-3-4-2;/h1,4-10H2,2-3H3;1-4H2;. The first-order chi connectivity index (χ1) is 7.86. The smallest absolute Gasteiger partial charge is 0.261 e. The molecule has 0 amide bonds. The number of nitrogens with zero attached hydrogens (tertiary/aromatic N) is 1. The van der Waals surface area contributed by atoms with E-state index in [-0.39, 0.29) is 14.1 Å². The third kappa shape index (κ3) is 6.28. The van der Waals surface area contributed by atoms with E-state index in [1.165, 1.54) is 45.3 Å². The molecule has 2 heteroatoms. The van der Waals surface area contributed by atoms with Gasteiger partial charge in [0.05, 0.1) is 0 Å². The van der Waals surface area contributed by atoms with Gasteiger partial charge in [0.1, 0.15) is 0 Å². The molecular formula is C14H30AlN. The van der Waals surface area contributed by atoms with Crippen molar-refractivity contribution >= 4 is 14.1 Å². The Bertz CT molecular complexity index is 149. The lowest BCUT2D eigenvalue weighted by Crippen LogP contribution is -2.26. The van der Waals surface area contributed by atoms with E-state index in [1.54, 1.807) is 28.7 Å². The van der Waals surface area contributed by atoms with Crippen molar-refractivity contribution in [2.75, 3.05) is 19.6 Å². The highest BCUT2D eigenvalue weighted by atomic mass is 27.2. The Morgan fingerprint density at radius 1 is 0.875 bits per heavy atom. The van der Waals surface area contributed by atoms with Crippen molar-refractivity contribution in [2.45, 2.75) is 68.2 Å².